The number of hydrogen-bond acceptors (Lipinski definition) is 9. The number of carbonyl (C=O) groups excluding carboxylic acids is 1. The van der Waals surface area contributed by atoms with E-state index in [2.05, 4.69) is 10.2 Å². The van der Waals surface area contributed by atoms with Crippen LogP contribution >= 0.6 is 0 Å². The van der Waals surface area contributed by atoms with Crippen LogP contribution in [-0.2, 0) is 4.74 Å². The van der Waals surface area contributed by atoms with Crippen LogP contribution in [0.5, 0.6) is 11.5 Å². The average molecular weight is 413 g/mol. The van der Waals surface area contributed by atoms with E-state index in [0.717, 1.165) is 0 Å². The van der Waals surface area contributed by atoms with Crippen LogP contribution in [-0.4, -0.2) is 34.8 Å². The number of ether oxygens (including phenoxy) is 3. The Morgan fingerprint density at radius 3 is 2.53 bits per heavy atom. The number of nitrogens with zero attached hydrogens (tertiary/aromatic N) is 3. The Morgan fingerprint density at radius 2 is 1.90 bits per heavy atom. The van der Waals surface area contributed by atoms with Crippen LogP contribution < -0.4 is 9.47 Å². The SMILES string of the molecule is CCOc1ccc(C(=O)O[C@H](C)c2nnc(-c3ccc([N+](=O)[O-])cc3)o2)cc1OC. The highest BCUT2D eigenvalue weighted by Gasteiger charge is 2.21. The second kappa shape index (κ2) is 9.03. The molecule has 0 bridgehead atoms. The lowest BCUT2D eigenvalue weighted by molar-refractivity contribution is -0.384. The number of nitro groups is 1. The molecule has 0 radical (unpaired) electrons. The zero-order chi connectivity index (χ0) is 21.7. The molecule has 156 valence electrons. The molecule has 0 spiro atoms. The summed E-state index contributed by atoms with van der Waals surface area (Å²) in [6.07, 6.45) is -0.811. The van der Waals surface area contributed by atoms with E-state index in [1.54, 1.807) is 19.1 Å². The molecule has 10 heteroatoms. The van der Waals surface area contributed by atoms with Gasteiger partial charge in [-0.2, -0.15) is 0 Å². The van der Waals surface area contributed by atoms with Crippen LogP contribution in [0.4, 0.5) is 5.69 Å². The van der Waals surface area contributed by atoms with Gasteiger partial charge in [0, 0.05) is 17.7 Å². The second-order valence-electron chi connectivity index (χ2n) is 6.10. The van der Waals surface area contributed by atoms with Gasteiger partial charge < -0.3 is 18.6 Å². The van der Waals surface area contributed by atoms with E-state index in [0.29, 0.717) is 23.7 Å². The van der Waals surface area contributed by atoms with Crippen molar-refractivity contribution in [2.75, 3.05) is 13.7 Å². The van der Waals surface area contributed by atoms with Crippen LogP contribution in [0.15, 0.2) is 46.9 Å². The molecule has 0 saturated heterocycles. The molecule has 30 heavy (non-hydrogen) atoms. The monoisotopic (exact) mass is 413 g/mol. The summed E-state index contributed by atoms with van der Waals surface area (Å²) in [6.45, 7) is 3.90. The Bertz CT molecular complexity index is 1050. The van der Waals surface area contributed by atoms with Crippen molar-refractivity contribution in [1.29, 1.82) is 0 Å². The minimum atomic E-state index is -0.811. The molecule has 0 fully saturated rings. The number of hydrogen-bond donors (Lipinski definition) is 0. The van der Waals surface area contributed by atoms with Crippen molar-refractivity contribution in [3.63, 3.8) is 0 Å². The highest BCUT2D eigenvalue weighted by atomic mass is 16.6. The third-order valence-corrected chi connectivity index (χ3v) is 4.10. The van der Waals surface area contributed by atoms with Gasteiger partial charge in [0.2, 0.25) is 5.89 Å². The molecule has 0 amide bonds. The largest absolute Gasteiger partial charge is 0.493 e. The van der Waals surface area contributed by atoms with Crippen LogP contribution in [0.1, 0.15) is 36.2 Å². The minimum absolute atomic E-state index is 0.0495. The summed E-state index contributed by atoms with van der Waals surface area (Å²) in [7, 11) is 1.48. The van der Waals surface area contributed by atoms with Gasteiger partial charge in [-0.3, -0.25) is 10.1 Å². The molecule has 0 unspecified atom stereocenters. The molecule has 1 atom stereocenters. The lowest BCUT2D eigenvalue weighted by Gasteiger charge is -2.12. The first-order valence-corrected chi connectivity index (χ1v) is 9.03. The summed E-state index contributed by atoms with van der Waals surface area (Å²) in [4.78, 5) is 22.7. The maximum Gasteiger partial charge on any atom is 0.339 e. The number of methoxy groups -OCH3 is 1. The van der Waals surface area contributed by atoms with Crippen molar-refractivity contribution >= 4 is 11.7 Å². The van der Waals surface area contributed by atoms with E-state index >= 15 is 0 Å². The fraction of sp³-hybridized carbons (Fsp3) is 0.250. The van der Waals surface area contributed by atoms with E-state index in [-0.39, 0.29) is 23.0 Å². The van der Waals surface area contributed by atoms with Gasteiger partial charge in [0.1, 0.15) is 0 Å². The number of non-ortho nitro benzene ring substituents is 1. The maximum atomic E-state index is 12.5. The van der Waals surface area contributed by atoms with E-state index < -0.39 is 17.0 Å². The summed E-state index contributed by atoms with van der Waals surface area (Å²) < 4.78 is 21.6. The van der Waals surface area contributed by atoms with Crippen LogP contribution in [0.2, 0.25) is 0 Å². The first-order chi connectivity index (χ1) is 14.4. The predicted molar refractivity (Wildman–Crippen MR) is 104 cm³/mol. The Morgan fingerprint density at radius 1 is 1.17 bits per heavy atom. The van der Waals surface area contributed by atoms with E-state index in [1.807, 2.05) is 6.92 Å². The third kappa shape index (κ3) is 4.54. The smallest absolute Gasteiger partial charge is 0.339 e. The lowest BCUT2D eigenvalue weighted by atomic mass is 10.2. The number of nitro benzene ring substituents is 1. The number of rotatable bonds is 8. The van der Waals surface area contributed by atoms with Gasteiger partial charge >= 0.3 is 5.97 Å². The molecule has 1 heterocycles. The van der Waals surface area contributed by atoms with Gasteiger partial charge in [0.05, 0.1) is 24.2 Å². The molecule has 0 saturated carbocycles. The Hall–Kier alpha value is -3.95. The van der Waals surface area contributed by atoms with Crippen LogP contribution in [0, 0.1) is 10.1 Å². The van der Waals surface area contributed by atoms with Crippen molar-refractivity contribution in [1.82, 2.24) is 10.2 Å². The minimum Gasteiger partial charge on any atom is -0.493 e. The molecule has 0 N–H and O–H groups in total. The van der Waals surface area contributed by atoms with Crippen LogP contribution in [0.25, 0.3) is 11.5 Å². The van der Waals surface area contributed by atoms with Gasteiger partial charge in [-0.1, -0.05) is 0 Å². The number of carbonyl (C=O) groups is 1. The van der Waals surface area contributed by atoms with Gasteiger partial charge in [0.15, 0.2) is 17.6 Å². The first-order valence-electron chi connectivity index (χ1n) is 9.03. The second-order valence-corrected chi connectivity index (χ2v) is 6.10. The van der Waals surface area contributed by atoms with Crippen molar-refractivity contribution in [3.8, 4) is 23.0 Å². The van der Waals surface area contributed by atoms with Gasteiger partial charge in [-0.25, -0.2) is 4.79 Å². The molecule has 2 aromatic carbocycles. The van der Waals surface area contributed by atoms with E-state index in [1.165, 1.54) is 37.4 Å². The Labute approximate surface area is 171 Å². The Balaban J connectivity index is 1.71. The van der Waals surface area contributed by atoms with Crippen LogP contribution in [0.3, 0.4) is 0 Å². The molecule has 3 rings (SSSR count). The summed E-state index contributed by atoms with van der Waals surface area (Å²) in [5, 5.41) is 18.5. The molecular formula is C20H19N3O7. The van der Waals surface area contributed by atoms with Crippen molar-refractivity contribution in [3.05, 3.63) is 64.0 Å². The molecular weight excluding hydrogens is 394 g/mol. The van der Waals surface area contributed by atoms with Gasteiger partial charge in [0.25, 0.3) is 11.6 Å². The lowest BCUT2D eigenvalue weighted by Crippen LogP contribution is -2.10. The molecule has 3 aromatic rings. The summed E-state index contributed by atoms with van der Waals surface area (Å²) in [5.41, 5.74) is 0.734. The number of benzene rings is 2. The normalized spacial score (nSPS) is 11.6. The average Bonchev–Trinajstić information content (AvgIpc) is 3.24. The maximum absolute atomic E-state index is 12.5. The van der Waals surface area contributed by atoms with Gasteiger partial charge in [-0.15, -0.1) is 10.2 Å². The fourth-order valence-corrected chi connectivity index (χ4v) is 2.59. The number of esters is 1. The quantitative estimate of drug-likeness (QED) is 0.306. The summed E-state index contributed by atoms with van der Waals surface area (Å²) in [5.74, 6) is 0.588. The Kier molecular flexibility index (Phi) is 6.26. The zero-order valence-electron chi connectivity index (χ0n) is 16.5. The van der Waals surface area contributed by atoms with Gasteiger partial charge in [-0.05, 0) is 44.2 Å². The molecule has 0 aliphatic carbocycles. The zero-order valence-corrected chi connectivity index (χ0v) is 16.5. The molecule has 10 nitrogen and oxygen atoms in total. The van der Waals surface area contributed by atoms with E-state index in [4.69, 9.17) is 18.6 Å². The van der Waals surface area contributed by atoms with Crippen molar-refractivity contribution in [2.45, 2.75) is 20.0 Å². The number of aromatic nitrogens is 2. The topological polar surface area (TPSA) is 127 Å². The highest BCUT2D eigenvalue weighted by Crippen LogP contribution is 2.29. The van der Waals surface area contributed by atoms with Crippen molar-refractivity contribution < 1.29 is 28.3 Å². The molecule has 1 aromatic heterocycles. The third-order valence-electron chi connectivity index (χ3n) is 4.10. The fourth-order valence-electron chi connectivity index (χ4n) is 2.59. The first kappa shape index (κ1) is 20.8. The summed E-state index contributed by atoms with van der Waals surface area (Å²) in [6, 6.07) is 10.4. The van der Waals surface area contributed by atoms with Crippen molar-refractivity contribution in [2.24, 2.45) is 0 Å². The summed E-state index contributed by atoms with van der Waals surface area (Å²) >= 11 is 0. The standard InChI is InChI=1S/C20H19N3O7/c1-4-28-16-10-7-14(11-17(16)27-3)20(24)29-12(2)18-21-22-19(30-18)13-5-8-15(9-6-13)23(25)26/h5-12H,4H2,1-3H3/t12-/m1/s1. The highest BCUT2D eigenvalue weighted by molar-refractivity contribution is 5.90. The predicted octanol–water partition coefficient (Wildman–Crippen LogP) is 3.97. The molecule has 0 aliphatic heterocycles. The van der Waals surface area contributed by atoms with E-state index in [9.17, 15) is 14.9 Å². The molecule has 0 aliphatic rings.